The van der Waals surface area contributed by atoms with Crippen molar-refractivity contribution in [2.24, 2.45) is 5.92 Å². The fourth-order valence-corrected chi connectivity index (χ4v) is 5.03. The number of hydrogen-bond donors (Lipinski definition) is 2. The lowest BCUT2D eigenvalue weighted by Crippen LogP contribution is -2.47. The minimum Gasteiger partial charge on any atom is -0.396 e. The quantitative estimate of drug-likeness (QED) is 0.842. The second kappa shape index (κ2) is 7.57. The van der Waals surface area contributed by atoms with E-state index in [0.29, 0.717) is 17.9 Å². The normalized spacial score (nSPS) is 24.1. The van der Waals surface area contributed by atoms with Crippen LogP contribution in [0.5, 0.6) is 0 Å². The van der Waals surface area contributed by atoms with Gasteiger partial charge in [0.1, 0.15) is 0 Å². The van der Waals surface area contributed by atoms with Crippen molar-refractivity contribution >= 4 is 9.84 Å². The number of aliphatic hydroxyl groups excluding tert-OH is 1. The van der Waals surface area contributed by atoms with E-state index < -0.39 is 9.84 Å². The van der Waals surface area contributed by atoms with Crippen LogP contribution in [0.25, 0.3) is 0 Å². The lowest BCUT2D eigenvalue weighted by atomic mass is 9.94. The van der Waals surface area contributed by atoms with E-state index in [1.54, 1.807) is 12.1 Å². The van der Waals surface area contributed by atoms with E-state index in [1.807, 2.05) is 26.0 Å². The number of sulfone groups is 1. The van der Waals surface area contributed by atoms with Gasteiger partial charge in [0.15, 0.2) is 9.84 Å². The molecule has 4 nitrogen and oxygen atoms in total. The first-order valence-electron chi connectivity index (χ1n) is 8.10. The number of aryl methyl sites for hydroxylation is 1. The molecule has 0 unspecified atom stereocenters. The molecule has 5 heteroatoms. The van der Waals surface area contributed by atoms with Gasteiger partial charge in [-0.15, -0.1) is 0 Å². The number of nitrogens with one attached hydrogen (secondary N) is 1. The van der Waals surface area contributed by atoms with Crippen LogP contribution in [0, 0.1) is 12.8 Å². The summed E-state index contributed by atoms with van der Waals surface area (Å²) in [6.07, 6.45) is 3.61. The second-order valence-corrected chi connectivity index (χ2v) is 8.65. The molecular weight excluding hydrogens is 298 g/mol. The van der Waals surface area contributed by atoms with E-state index >= 15 is 0 Å². The molecule has 0 aliphatic heterocycles. The number of rotatable bonds is 6. The summed E-state index contributed by atoms with van der Waals surface area (Å²) in [5.74, 6) is 0.143. The van der Waals surface area contributed by atoms with Gasteiger partial charge in [0, 0.05) is 19.2 Å². The van der Waals surface area contributed by atoms with Gasteiger partial charge in [-0.1, -0.05) is 37.5 Å². The fraction of sp³-hybridized carbons (Fsp3) is 0.647. The van der Waals surface area contributed by atoms with Crippen LogP contribution >= 0.6 is 0 Å². The first-order chi connectivity index (χ1) is 10.4. The molecule has 0 radical (unpaired) electrons. The second-order valence-electron chi connectivity index (χ2n) is 6.48. The van der Waals surface area contributed by atoms with Crippen LogP contribution in [0.1, 0.15) is 38.2 Å². The molecule has 3 atom stereocenters. The lowest BCUT2D eigenvalue weighted by molar-refractivity contribution is 0.225. The van der Waals surface area contributed by atoms with Crippen LogP contribution < -0.4 is 5.32 Å². The molecule has 0 amide bonds. The smallest absolute Gasteiger partial charge is 0.182 e. The Bertz CT molecular complexity index is 568. The number of hydrogen-bond acceptors (Lipinski definition) is 4. The summed E-state index contributed by atoms with van der Waals surface area (Å²) in [4.78, 5) is 0.423. The summed E-state index contributed by atoms with van der Waals surface area (Å²) in [5.41, 5.74) is 1.06. The van der Waals surface area contributed by atoms with Crippen LogP contribution in [-0.4, -0.2) is 38.0 Å². The average Bonchev–Trinajstić information content (AvgIpc) is 2.53. The Morgan fingerprint density at radius 3 is 2.50 bits per heavy atom. The van der Waals surface area contributed by atoms with Gasteiger partial charge in [-0.2, -0.15) is 0 Å². The van der Waals surface area contributed by atoms with E-state index in [1.165, 1.54) is 0 Å². The molecular formula is C17H27NO3S. The van der Waals surface area contributed by atoms with Gasteiger partial charge >= 0.3 is 0 Å². The van der Waals surface area contributed by atoms with Gasteiger partial charge < -0.3 is 10.4 Å². The summed E-state index contributed by atoms with van der Waals surface area (Å²) in [7, 11) is -3.31. The van der Waals surface area contributed by atoms with Gasteiger partial charge in [-0.05, 0) is 37.8 Å². The highest BCUT2D eigenvalue weighted by atomic mass is 32.2. The van der Waals surface area contributed by atoms with Crippen LogP contribution in [-0.2, 0) is 9.84 Å². The Morgan fingerprint density at radius 2 is 1.86 bits per heavy atom. The Kier molecular flexibility index (Phi) is 6.01. The predicted molar refractivity (Wildman–Crippen MR) is 88.7 cm³/mol. The monoisotopic (exact) mass is 325 g/mol. The molecule has 1 fully saturated rings. The van der Waals surface area contributed by atoms with Gasteiger partial charge in [0.25, 0.3) is 0 Å². The first kappa shape index (κ1) is 17.4. The molecule has 1 aliphatic carbocycles. The van der Waals surface area contributed by atoms with E-state index in [4.69, 9.17) is 5.11 Å². The van der Waals surface area contributed by atoms with Gasteiger partial charge in [-0.3, -0.25) is 0 Å². The molecule has 0 aromatic heterocycles. The van der Waals surface area contributed by atoms with Crippen molar-refractivity contribution in [1.29, 1.82) is 0 Å². The van der Waals surface area contributed by atoms with E-state index in [-0.39, 0.29) is 23.8 Å². The summed E-state index contributed by atoms with van der Waals surface area (Å²) in [6.45, 7) is 4.69. The molecule has 0 spiro atoms. The molecule has 1 aromatic carbocycles. The maximum absolute atomic E-state index is 12.9. The minimum absolute atomic E-state index is 0.0194. The standard InChI is InChI=1S/C17H27NO3S/c1-13-7-9-15(10-8-13)22(20,21)17-6-4-3-5-16(17)18-11-14(2)12-19/h7-10,14,16-19H,3-6,11-12H2,1-2H3/t14-,16+,17-/m1/s1. The molecule has 0 saturated heterocycles. The highest BCUT2D eigenvalue weighted by Gasteiger charge is 2.36. The highest BCUT2D eigenvalue weighted by Crippen LogP contribution is 2.29. The molecule has 1 aliphatic rings. The zero-order valence-corrected chi connectivity index (χ0v) is 14.3. The third-order valence-electron chi connectivity index (χ3n) is 4.49. The van der Waals surface area contributed by atoms with Crippen molar-refractivity contribution in [3.63, 3.8) is 0 Å². The molecule has 2 N–H and O–H groups in total. The molecule has 0 bridgehead atoms. The molecule has 2 rings (SSSR count). The van der Waals surface area contributed by atoms with E-state index in [0.717, 1.165) is 24.8 Å². The summed E-state index contributed by atoms with van der Waals surface area (Å²) >= 11 is 0. The van der Waals surface area contributed by atoms with Crippen molar-refractivity contribution in [3.05, 3.63) is 29.8 Å². The fourth-order valence-electron chi connectivity index (χ4n) is 3.02. The van der Waals surface area contributed by atoms with E-state index in [9.17, 15) is 8.42 Å². The van der Waals surface area contributed by atoms with Crippen LogP contribution in [0.4, 0.5) is 0 Å². The maximum Gasteiger partial charge on any atom is 0.182 e. The van der Waals surface area contributed by atoms with Crippen LogP contribution in [0.15, 0.2) is 29.2 Å². The topological polar surface area (TPSA) is 66.4 Å². The average molecular weight is 325 g/mol. The van der Waals surface area contributed by atoms with Crippen molar-refractivity contribution in [1.82, 2.24) is 5.32 Å². The van der Waals surface area contributed by atoms with Gasteiger partial charge in [0.05, 0.1) is 10.1 Å². The van der Waals surface area contributed by atoms with Crippen molar-refractivity contribution in [2.75, 3.05) is 13.2 Å². The van der Waals surface area contributed by atoms with Crippen molar-refractivity contribution < 1.29 is 13.5 Å². The Morgan fingerprint density at radius 1 is 1.23 bits per heavy atom. The first-order valence-corrected chi connectivity index (χ1v) is 9.64. The van der Waals surface area contributed by atoms with Gasteiger partial charge in [0.2, 0.25) is 0 Å². The molecule has 0 heterocycles. The number of benzene rings is 1. The zero-order chi connectivity index (χ0) is 16.2. The third kappa shape index (κ3) is 4.09. The van der Waals surface area contributed by atoms with Crippen LogP contribution in [0.3, 0.4) is 0 Å². The molecule has 22 heavy (non-hydrogen) atoms. The molecule has 1 saturated carbocycles. The van der Waals surface area contributed by atoms with Crippen LogP contribution in [0.2, 0.25) is 0 Å². The van der Waals surface area contributed by atoms with E-state index in [2.05, 4.69) is 5.32 Å². The molecule has 1 aromatic rings. The maximum atomic E-state index is 12.9. The SMILES string of the molecule is Cc1ccc(S(=O)(=O)[C@@H]2CCCC[C@@H]2NC[C@@H](C)CO)cc1. The summed E-state index contributed by atoms with van der Waals surface area (Å²) < 4.78 is 25.9. The Labute approximate surface area is 133 Å². The Hall–Kier alpha value is -0.910. The minimum atomic E-state index is -3.31. The zero-order valence-electron chi connectivity index (χ0n) is 13.5. The Balaban J connectivity index is 2.16. The predicted octanol–water partition coefficient (Wildman–Crippen LogP) is 2.30. The third-order valence-corrected chi connectivity index (χ3v) is 6.78. The van der Waals surface area contributed by atoms with Crippen molar-refractivity contribution in [2.45, 2.75) is 55.7 Å². The highest BCUT2D eigenvalue weighted by molar-refractivity contribution is 7.92. The molecule has 124 valence electrons. The van der Waals surface area contributed by atoms with Gasteiger partial charge in [-0.25, -0.2) is 8.42 Å². The number of aliphatic hydroxyl groups is 1. The summed E-state index contributed by atoms with van der Waals surface area (Å²) in [5, 5.41) is 12.1. The largest absolute Gasteiger partial charge is 0.396 e. The van der Waals surface area contributed by atoms with Crippen molar-refractivity contribution in [3.8, 4) is 0 Å². The summed E-state index contributed by atoms with van der Waals surface area (Å²) in [6, 6.07) is 7.12. The lowest BCUT2D eigenvalue weighted by Gasteiger charge is -2.32.